The molecule has 2 N–H and O–H groups in total. The van der Waals surface area contributed by atoms with Crippen LogP contribution in [0.2, 0.25) is 5.02 Å². The van der Waals surface area contributed by atoms with Crippen LogP contribution >= 0.6 is 11.6 Å². The fraction of sp³-hybridized carbons (Fsp3) is 0.0714. The average molecular weight is 259 g/mol. The topological polar surface area (TPSA) is 52.0 Å². The molecule has 1 unspecified atom stereocenters. The van der Waals surface area contributed by atoms with Gasteiger partial charge < -0.3 is 10.2 Å². The minimum atomic E-state index is -0.315. The predicted octanol–water partition coefficient (Wildman–Crippen LogP) is 3.53. The molecule has 18 heavy (non-hydrogen) atoms. The molecular formula is C14H11ClN2O. The van der Waals surface area contributed by atoms with E-state index in [0.717, 1.165) is 16.5 Å². The molecule has 0 aliphatic carbocycles. The van der Waals surface area contributed by atoms with Crippen molar-refractivity contribution in [2.24, 2.45) is 5.73 Å². The molecule has 0 fully saturated rings. The molecule has 0 saturated carbocycles. The second-order valence-electron chi connectivity index (χ2n) is 4.09. The summed E-state index contributed by atoms with van der Waals surface area (Å²) in [5.74, 6) is 0.709. The number of hydrogen-bond acceptors (Lipinski definition) is 3. The molecule has 3 rings (SSSR count). The molecule has 0 spiro atoms. The molecule has 2 aromatic heterocycles. The zero-order chi connectivity index (χ0) is 12.5. The Hall–Kier alpha value is -1.84. The highest BCUT2D eigenvalue weighted by atomic mass is 35.5. The second-order valence-corrected chi connectivity index (χ2v) is 4.53. The van der Waals surface area contributed by atoms with E-state index in [1.807, 2.05) is 30.3 Å². The lowest BCUT2D eigenvalue weighted by Crippen LogP contribution is -2.10. The molecule has 3 nitrogen and oxygen atoms in total. The number of nitrogens with two attached hydrogens (primary N) is 1. The van der Waals surface area contributed by atoms with Gasteiger partial charge in [-0.25, -0.2) is 0 Å². The van der Waals surface area contributed by atoms with Crippen molar-refractivity contribution in [3.05, 3.63) is 65.1 Å². The molecule has 0 saturated heterocycles. The summed E-state index contributed by atoms with van der Waals surface area (Å²) >= 11 is 5.94. The molecule has 0 radical (unpaired) electrons. The molecule has 0 aliphatic heterocycles. The van der Waals surface area contributed by atoms with Crippen molar-refractivity contribution in [2.75, 3.05) is 0 Å². The quantitative estimate of drug-likeness (QED) is 0.765. The third-order valence-corrected chi connectivity index (χ3v) is 3.08. The third kappa shape index (κ3) is 1.98. The van der Waals surface area contributed by atoms with Gasteiger partial charge in [0.05, 0.1) is 6.04 Å². The first-order valence-corrected chi connectivity index (χ1v) is 5.96. The molecule has 4 heteroatoms. The Bertz CT molecular complexity index is 679. The molecule has 0 aliphatic rings. The maximum atomic E-state index is 6.15. The Morgan fingerprint density at radius 2 is 2.11 bits per heavy atom. The summed E-state index contributed by atoms with van der Waals surface area (Å²) in [5, 5.41) is 1.64. The van der Waals surface area contributed by atoms with E-state index in [4.69, 9.17) is 21.8 Å². The zero-order valence-corrected chi connectivity index (χ0v) is 10.3. The SMILES string of the molecule is NC(c1cccnc1)c1cc2cc(Cl)ccc2o1. The first-order chi connectivity index (χ1) is 8.74. The highest BCUT2D eigenvalue weighted by molar-refractivity contribution is 6.31. The van der Waals surface area contributed by atoms with Crippen molar-refractivity contribution in [1.82, 2.24) is 4.98 Å². The summed E-state index contributed by atoms with van der Waals surface area (Å²) in [6, 6.07) is 10.9. The van der Waals surface area contributed by atoms with Crippen molar-refractivity contribution < 1.29 is 4.42 Å². The standard InChI is InChI=1S/C14H11ClN2O/c15-11-3-4-12-10(6-11)7-13(18-12)14(16)9-2-1-5-17-8-9/h1-8,14H,16H2. The van der Waals surface area contributed by atoms with Gasteiger partial charge in [0.2, 0.25) is 0 Å². The van der Waals surface area contributed by atoms with Crippen LogP contribution in [0.15, 0.2) is 53.2 Å². The van der Waals surface area contributed by atoms with E-state index in [1.165, 1.54) is 0 Å². The molecule has 2 heterocycles. The molecule has 0 bridgehead atoms. The number of nitrogens with zero attached hydrogens (tertiary/aromatic N) is 1. The molecular weight excluding hydrogens is 248 g/mol. The van der Waals surface area contributed by atoms with Gasteiger partial charge in [0, 0.05) is 22.8 Å². The first kappa shape index (κ1) is 11.3. The van der Waals surface area contributed by atoms with Crippen LogP contribution in [-0.2, 0) is 0 Å². The van der Waals surface area contributed by atoms with Gasteiger partial charge in [-0.1, -0.05) is 17.7 Å². The van der Waals surface area contributed by atoms with E-state index in [0.29, 0.717) is 10.8 Å². The van der Waals surface area contributed by atoms with Crippen LogP contribution in [0.4, 0.5) is 0 Å². The van der Waals surface area contributed by atoms with Crippen LogP contribution in [-0.4, -0.2) is 4.98 Å². The van der Waals surface area contributed by atoms with Crippen LogP contribution in [0.25, 0.3) is 11.0 Å². The smallest absolute Gasteiger partial charge is 0.134 e. The van der Waals surface area contributed by atoms with Gasteiger partial charge in [-0.05, 0) is 35.9 Å². The third-order valence-electron chi connectivity index (χ3n) is 2.85. The molecule has 1 atom stereocenters. The number of rotatable bonds is 2. The van der Waals surface area contributed by atoms with Gasteiger partial charge in [0.25, 0.3) is 0 Å². The van der Waals surface area contributed by atoms with Crippen molar-refractivity contribution in [3.8, 4) is 0 Å². The predicted molar refractivity (Wildman–Crippen MR) is 71.5 cm³/mol. The number of pyridine rings is 1. The summed E-state index contributed by atoms with van der Waals surface area (Å²) in [7, 11) is 0. The lowest BCUT2D eigenvalue weighted by Gasteiger charge is -2.07. The van der Waals surface area contributed by atoms with Crippen molar-refractivity contribution >= 4 is 22.6 Å². The van der Waals surface area contributed by atoms with E-state index in [2.05, 4.69) is 4.98 Å². The van der Waals surface area contributed by atoms with E-state index in [-0.39, 0.29) is 6.04 Å². The fourth-order valence-electron chi connectivity index (χ4n) is 1.91. The van der Waals surface area contributed by atoms with E-state index >= 15 is 0 Å². The van der Waals surface area contributed by atoms with Crippen LogP contribution < -0.4 is 5.73 Å². The lowest BCUT2D eigenvalue weighted by molar-refractivity contribution is 0.524. The zero-order valence-electron chi connectivity index (χ0n) is 9.51. The summed E-state index contributed by atoms with van der Waals surface area (Å²) in [6.45, 7) is 0. The minimum Gasteiger partial charge on any atom is -0.459 e. The number of hydrogen-bond donors (Lipinski definition) is 1. The van der Waals surface area contributed by atoms with Crippen LogP contribution in [0.3, 0.4) is 0 Å². The summed E-state index contributed by atoms with van der Waals surface area (Å²) < 4.78 is 5.73. The Kier molecular flexibility index (Phi) is 2.78. The number of benzene rings is 1. The normalized spacial score (nSPS) is 12.8. The van der Waals surface area contributed by atoms with Crippen LogP contribution in [0.1, 0.15) is 17.4 Å². The lowest BCUT2D eigenvalue weighted by atomic mass is 10.1. The minimum absolute atomic E-state index is 0.315. The molecule has 90 valence electrons. The number of furan rings is 1. The van der Waals surface area contributed by atoms with Crippen LogP contribution in [0.5, 0.6) is 0 Å². The maximum absolute atomic E-state index is 6.15. The van der Waals surface area contributed by atoms with Gasteiger partial charge in [-0.2, -0.15) is 0 Å². The fourth-order valence-corrected chi connectivity index (χ4v) is 2.09. The largest absolute Gasteiger partial charge is 0.459 e. The monoisotopic (exact) mass is 258 g/mol. The van der Waals surface area contributed by atoms with E-state index in [1.54, 1.807) is 18.5 Å². The second kappa shape index (κ2) is 4.44. The van der Waals surface area contributed by atoms with Crippen molar-refractivity contribution in [1.29, 1.82) is 0 Å². The van der Waals surface area contributed by atoms with Gasteiger partial charge in [-0.15, -0.1) is 0 Å². The molecule has 0 amide bonds. The highest BCUT2D eigenvalue weighted by Crippen LogP contribution is 2.28. The summed E-state index contributed by atoms with van der Waals surface area (Å²) in [6.07, 6.45) is 3.46. The Morgan fingerprint density at radius 1 is 1.22 bits per heavy atom. The molecule has 3 aromatic rings. The number of aromatic nitrogens is 1. The number of halogens is 1. The van der Waals surface area contributed by atoms with Crippen molar-refractivity contribution in [3.63, 3.8) is 0 Å². The van der Waals surface area contributed by atoms with Gasteiger partial charge >= 0.3 is 0 Å². The first-order valence-electron chi connectivity index (χ1n) is 5.58. The van der Waals surface area contributed by atoms with E-state index < -0.39 is 0 Å². The maximum Gasteiger partial charge on any atom is 0.134 e. The van der Waals surface area contributed by atoms with Crippen LogP contribution in [0, 0.1) is 0 Å². The Balaban J connectivity index is 2.04. The van der Waals surface area contributed by atoms with Gasteiger partial charge in [-0.3, -0.25) is 4.98 Å². The van der Waals surface area contributed by atoms with E-state index in [9.17, 15) is 0 Å². The average Bonchev–Trinajstić information content (AvgIpc) is 2.81. The highest BCUT2D eigenvalue weighted by Gasteiger charge is 2.14. The Morgan fingerprint density at radius 3 is 2.89 bits per heavy atom. The van der Waals surface area contributed by atoms with Gasteiger partial charge in [0.15, 0.2) is 0 Å². The summed E-state index contributed by atoms with van der Waals surface area (Å²) in [5.41, 5.74) is 7.86. The van der Waals surface area contributed by atoms with Gasteiger partial charge in [0.1, 0.15) is 11.3 Å². The molecule has 1 aromatic carbocycles. The van der Waals surface area contributed by atoms with Crippen molar-refractivity contribution in [2.45, 2.75) is 6.04 Å². The number of fused-ring (bicyclic) bond motifs is 1. The summed E-state index contributed by atoms with van der Waals surface area (Å²) in [4.78, 5) is 4.06. The Labute approximate surface area is 109 Å².